The van der Waals surface area contributed by atoms with Crippen LogP contribution in [-0.4, -0.2) is 52.7 Å². The highest BCUT2D eigenvalue weighted by molar-refractivity contribution is 6.21. The molecule has 140 valence electrons. The van der Waals surface area contributed by atoms with Gasteiger partial charge in [0.2, 0.25) is 0 Å². The van der Waals surface area contributed by atoms with Crippen LogP contribution in [0, 0.1) is 10.1 Å². The number of carbonyl (C=O) groups is 1. The van der Waals surface area contributed by atoms with Gasteiger partial charge in [-0.15, -0.1) is 11.6 Å². The average molecular weight is 373 g/mol. The first kappa shape index (κ1) is 21.0. The zero-order valence-electron chi connectivity index (χ0n) is 15.0. The van der Waals surface area contributed by atoms with Gasteiger partial charge in [-0.2, -0.15) is 0 Å². The molecule has 1 aliphatic rings. The van der Waals surface area contributed by atoms with Crippen LogP contribution in [0.4, 0.5) is 4.79 Å². The van der Waals surface area contributed by atoms with Crippen molar-refractivity contribution in [1.29, 1.82) is 0 Å². The van der Waals surface area contributed by atoms with Crippen LogP contribution < -0.4 is 5.32 Å². The van der Waals surface area contributed by atoms with Gasteiger partial charge in [0.15, 0.2) is 0 Å². The molecule has 1 heterocycles. The number of halogens is 1. The summed E-state index contributed by atoms with van der Waals surface area (Å²) in [5.41, 5.74) is -0.216. The lowest BCUT2D eigenvalue weighted by Crippen LogP contribution is -2.53. The van der Waals surface area contributed by atoms with E-state index in [2.05, 4.69) is 17.0 Å². The zero-order chi connectivity index (χ0) is 19.2. The molecule has 1 fully saturated rings. The Morgan fingerprint density at radius 2 is 2.16 bits per heavy atom. The summed E-state index contributed by atoms with van der Waals surface area (Å²) in [6.45, 7) is 10.9. The molecule has 2 atom stereocenters. The Labute approximate surface area is 152 Å². The second kappa shape index (κ2) is 8.84. The molecule has 2 unspecified atom stereocenters. The summed E-state index contributed by atoms with van der Waals surface area (Å²) in [6, 6.07) is -0.398. The van der Waals surface area contributed by atoms with Crippen molar-refractivity contribution in [2.45, 2.75) is 51.1 Å². The fourth-order valence-electron chi connectivity index (χ4n) is 2.41. The zero-order valence-corrected chi connectivity index (χ0v) is 15.7. The average Bonchev–Trinajstić information content (AvgIpc) is 2.48. The number of aliphatic imine (C=N–C) groups is 1. The number of piperidine rings is 1. The molecule has 1 N–H and O–H groups in total. The van der Waals surface area contributed by atoms with E-state index in [1.807, 2.05) is 0 Å². The van der Waals surface area contributed by atoms with Crippen LogP contribution in [0.1, 0.15) is 34.1 Å². The molecule has 0 aliphatic carbocycles. The van der Waals surface area contributed by atoms with Crippen molar-refractivity contribution in [2.75, 3.05) is 13.1 Å². The van der Waals surface area contributed by atoms with Gasteiger partial charge < -0.3 is 15.0 Å². The summed E-state index contributed by atoms with van der Waals surface area (Å²) in [4.78, 5) is 28.1. The maximum absolute atomic E-state index is 12.0. The number of hydrogen-bond donors (Lipinski definition) is 1. The summed E-state index contributed by atoms with van der Waals surface area (Å²) in [6.07, 6.45) is 2.92. The van der Waals surface area contributed by atoms with Gasteiger partial charge in [-0.05, 0) is 40.0 Å². The number of hydrogen-bond acceptors (Lipinski definition) is 6. The first-order valence-electron chi connectivity index (χ1n) is 7.91. The van der Waals surface area contributed by atoms with Crippen molar-refractivity contribution < 1.29 is 14.5 Å². The van der Waals surface area contributed by atoms with E-state index < -0.39 is 22.7 Å². The number of alkyl halides is 1. The van der Waals surface area contributed by atoms with Crippen LogP contribution in [0.15, 0.2) is 28.7 Å². The third-order valence-corrected chi connectivity index (χ3v) is 4.08. The fourth-order valence-corrected chi connectivity index (χ4v) is 2.65. The van der Waals surface area contributed by atoms with Crippen LogP contribution in [0.2, 0.25) is 0 Å². The summed E-state index contributed by atoms with van der Waals surface area (Å²) >= 11 is 6.32. The van der Waals surface area contributed by atoms with Gasteiger partial charge in [0.25, 0.3) is 5.70 Å². The normalized spacial score (nSPS) is 22.4. The smallest absolute Gasteiger partial charge is 0.407 e. The number of allylic oxidation sites excluding steroid dienone is 2. The van der Waals surface area contributed by atoms with Crippen LogP contribution in [0.25, 0.3) is 0 Å². The molecule has 1 saturated heterocycles. The Hall–Kier alpha value is -2.09. The van der Waals surface area contributed by atoms with E-state index in [1.54, 1.807) is 25.7 Å². The fraction of sp³-hybridized carbons (Fsp3) is 0.625. The first-order chi connectivity index (χ1) is 11.5. The standard InChI is InChI=1S/C16H25ClN4O4/c1-11(21(23)24)14(6-8-18-5)20-9-7-12(17)13(10-20)19-15(22)25-16(2,3)4/h6,8,12-13H,5,7,9-10H2,1-4H3,(H,19,22)/b8-6-,14-11-. The molecule has 0 spiro atoms. The molecule has 1 rings (SSSR count). The summed E-state index contributed by atoms with van der Waals surface area (Å²) in [5, 5.41) is 13.6. The van der Waals surface area contributed by atoms with Crippen molar-refractivity contribution in [3.05, 3.63) is 33.8 Å². The molecule has 1 amide bonds. The molecule has 0 bridgehead atoms. The predicted octanol–water partition coefficient (Wildman–Crippen LogP) is 2.92. The van der Waals surface area contributed by atoms with Crippen LogP contribution in [-0.2, 0) is 4.74 Å². The Bertz CT molecular complexity index is 583. The van der Waals surface area contributed by atoms with Crippen LogP contribution in [0.3, 0.4) is 0 Å². The predicted molar refractivity (Wildman–Crippen MR) is 97.4 cm³/mol. The highest BCUT2D eigenvalue weighted by Crippen LogP contribution is 2.23. The van der Waals surface area contributed by atoms with E-state index in [4.69, 9.17) is 16.3 Å². The van der Waals surface area contributed by atoms with Crippen molar-refractivity contribution >= 4 is 24.4 Å². The second-order valence-electron chi connectivity index (χ2n) is 6.73. The molecule has 25 heavy (non-hydrogen) atoms. The number of alkyl carbamates (subject to hydrolysis) is 1. The number of likely N-dealkylation sites (tertiary alicyclic amines) is 1. The number of rotatable bonds is 5. The number of nitro groups is 1. The van der Waals surface area contributed by atoms with Crippen molar-refractivity contribution in [3.8, 4) is 0 Å². The number of carbonyl (C=O) groups excluding carboxylic acids is 1. The lowest BCUT2D eigenvalue weighted by atomic mass is 10.0. The monoisotopic (exact) mass is 372 g/mol. The third kappa shape index (κ3) is 6.74. The number of amides is 1. The van der Waals surface area contributed by atoms with E-state index in [1.165, 1.54) is 19.2 Å². The maximum Gasteiger partial charge on any atom is 0.407 e. The van der Waals surface area contributed by atoms with Gasteiger partial charge in [0.1, 0.15) is 11.3 Å². The van der Waals surface area contributed by atoms with Gasteiger partial charge in [0, 0.05) is 26.2 Å². The van der Waals surface area contributed by atoms with E-state index in [-0.39, 0.29) is 11.1 Å². The Morgan fingerprint density at radius 3 is 2.68 bits per heavy atom. The second-order valence-corrected chi connectivity index (χ2v) is 7.29. The largest absolute Gasteiger partial charge is 0.444 e. The molecule has 0 aromatic heterocycles. The minimum Gasteiger partial charge on any atom is -0.444 e. The van der Waals surface area contributed by atoms with Gasteiger partial charge in [-0.1, -0.05) is 0 Å². The highest BCUT2D eigenvalue weighted by Gasteiger charge is 2.32. The minimum atomic E-state index is -0.619. The van der Waals surface area contributed by atoms with Crippen molar-refractivity contribution in [1.82, 2.24) is 10.2 Å². The van der Waals surface area contributed by atoms with E-state index in [0.29, 0.717) is 25.2 Å². The number of nitrogens with one attached hydrogen (secondary N) is 1. The molecule has 0 saturated carbocycles. The highest BCUT2D eigenvalue weighted by atomic mass is 35.5. The van der Waals surface area contributed by atoms with Crippen molar-refractivity contribution in [2.24, 2.45) is 4.99 Å². The third-order valence-electron chi connectivity index (χ3n) is 3.55. The Kier molecular flexibility index (Phi) is 7.41. The van der Waals surface area contributed by atoms with Gasteiger partial charge >= 0.3 is 6.09 Å². The number of nitrogens with zero attached hydrogens (tertiary/aromatic N) is 3. The summed E-state index contributed by atoms with van der Waals surface area (Å²) < 4.78 is 5.25. The Balaban J connectivity index is 2.94. The van der Waals surface area contributed by atoms with Gasteiger partial charge in [0.05, 0.1) is 16.3 Å². The molecule has 0 radical (unpaired) electrons. The molecule has 1 aliphatic heterocycles. The maximum atomic E-state index is 12.0. The first-order valence-corrected chi connectivity index (χ1v) is 8.35. The SMILES string of the molecule is C=N/C=C\C(=C(/C)[N+](=O)[O-])N1CCC(Cl)C(NC(=O)OC(C)(C)C)C1. The van der Waals surface area contributed by atoms with E-state index >= 15 is 0 Å². The summed E-state index contributed by atoms with van der Waals surface area (Å²) in [7, 11) is 0. The quantitative estimate of drug-likeness (QED) is 0.263. The lowest BCUT2D eigenvalue weighted by Gasteiger charge is -2.37. The van der Waals surface area contributed by atoms with E-state index in [9.17, 15) is 14.9 Å². The van der Waals surface area contributed by atoms with Crippen molar-refractivity contribution in [3.63, 3.8) is 0 Å². The van der Waals surface area contributed by atoms with E-state index in [0.717, 1.165) is 0 Å². The minimum absolute atomic E-state index is 0.0102. The molecule has 0 aromatic carbocycles. The number of ether oxygens (including phenoxy) is 1. The molecule has 8 nitrogen and oxygen atoms in total. The Morgan fingerprint density at radius 1 is 1.52 bits per heavy atom. The molecular weight excluding hydrogens is 348 g/mol. The van der Waals surface area contributed by atoms with Crippen LogP contribution >= 0.6 is 11.6 Å². The van der Waals surface area contributed by atoms with Gasteiger partial charge in [-0.25, -0.2) is 4.79 Å². The molecular formula is C16H25ClN4O4. The van der Waals surface area contributed by atoms with Gasteiger partial charge in [-0.3, -0.25) is 15.1 Å². The molecule has 0 aromatic rings. The topological polar surface area (TPSA) is 97.1 Å². The lowest BCUT2D eigenvalue weighted by molar-refractivity contribution is -0.426. The van der Waals surface area contributed by atoms with Crippen LogP contribution in [0.5, 0.6) is 0 Å². The summed E-state index contributed by atoms with van der Waals surface area (Å²) in [5.74, 6) is 0. The molecule has 9 heteroatoms.